The van der Waals surface area contributed by atoms with E-state index >= 15 is 0 Å². The van der Waals surface area contributed by atoms with Gasteiger partial charge in [-0.15, -0.1) is 11.3 Å². The molecule has 0 saturated heterocycles. The molecule has 1 N–H and O–H groups in total. The van der Waals surface area contributed by atoms with E-state index in [-0.39, 0.29) is 11.9 Å². The molecule has 1 unspecified atom stereocenters. The second kappa shape index (κ2) is 6.16. The Morgan fingerprint density at radius 1 is 1.33 bits per heavy atom. The number of halogens is 1. The molecule has 0 fully saturated rings. The summed E-state index contributed by atoms with van der Waals surface area (Å²) in [6.45, 7) is 2.93. The zero-order valence-corrected chi connectivity index (χ0v) is 13.2. The minimum absolute atomic E-state index is 0.0611. The summed E-state index contributed by atoms with van der Waals surface area (Å²) >= 11 is 1.86. The molecule has 0 spiro atoms. The summed E-state index contributed by atoms with van der Waals surface area (Å²) in [7, 11) is 1.49. The Balaban J connectivity index is 1.95. The SMILES string of the molecule is CCNC(c1ccc(OC)c(F)c1)c1cc2c(s1)CCC2. The van der Waals surface area contributed by atoms with E-state index in [0.717, 1.165) is 12.1 Å². The van der Waals surface area contributed by atoms with Gasteiger partial charge in [-0.2, -0.15) is 0 Å². The number of aryl methyl sites for hydroxylation is 2. The minimum atomic E-state index is -0.304. The first-order valence-electron chi connectivity index (χ1n) is 7.41. The molecule has 1 heterocycles. The highest BCUT2D eigenvalue weighted by Gasteiger charge is 2.21. The highest BCUT2D eigenvalue weighted by Crippen LogP contribution is 2.36. The second-order valence-electron chi connectivity index (χ2n) is 5.34. The van der Waals surface area contributed by atoms with Crippen LogP contribution in [-0.2, 0) is 12.8 Å². The van der Waals surface area contributed by atoms with E-state index in [0.29, 0.717) is 5.75 Å². The van der Waals surface area contributed by atoms with Crippen LogP contribution in [0.1, 0.15) is 40.3 Å². The van der Waals surface area contributed by atoms with Gasteiger partial charge in [0.05, 0.1) is 13.2 Å². The van der Waals surface area contributed by atoms with Crippen molar-refractivity contribution in [3.05, 3.63) is 51.0 Å². The van der Waals surface area contributed by atoms with Crippen LogP contribution in [0.4, 0.5) is 4.39 Å². The molecule has 1 aliphatic rings. The Labute approximate surface area is 129 Å². The van der Waals surface area contributed by atoms with Crippen molar-refractivity contribution in [2.45, 2.75) is 32.2 Å². The van der Waals surface area contributed by atoms with Gasteiger partial charge in [-0.3, -0.25) is 0 Å². The average Bonchev–Trinajstić information content (AvgIpc) is 3.05. The molecule has 2 nitrogen and oxygen atoms in total. The van der Waals surface area contributed by atoms with Crippen LogP contribution in [0, 0.1) is 5.82 Å². The number of rotatable bonds is 5. The van der Waals surface area contributed by atoms with Crippen molar-refractivity contribution in [2.75, 3.05) is 13.7 Å². The molecular formula is C17H20FNOS. The number of hydrogen-bond donors (Lipinski definition) is 1. The first-order valence-corrected chi connectivity index (χ1v) is 8.23. The molecule has 112 valence electrons. The van der Waals surface area contributed by atoms with Crippen molar-refractivity contribution in [3.63, 3.8) is 0 Å². The van der Waals surface area contributed by atoms with Gasteiger partial charge in [0.15, 0.2) is 11.6 Å². The van der Waals surface area contributed by atoms with Gasteiger partial charge < -0.3 is 10.1 Å². The van der Waals surface area contributed by atoms with Crippen LogP contribution in [0.25, 0.3) is 0 Å². The Hall–Kier alpha value is -1.39. The Morgan fingerprint density at radius 2 is 2.19 bits per heavy atom. The maximum absolute atomic E-state index is 14.0. The van der Waals surface area contributed by atoms with Crippen LogP contribution in [0.15, 0.2) is 24.3 Å². The van der Waals surface area contributed by atoms with E-state index < -0.39 is 0 Å². The molecule has 21 heavy (non-hydrogen) atoms. The van der Waals surface area contributed by atoms with Crippen LogP contribution < -0.4 is 10.1 Å². The van der Waals surface area contributed by atoms with E-state index in [2.05, 4.69) is 18.3 Å². The smallest absolute Gasteiger partial charge is 0.165 e. The highest BCUT2D eigenvalue weighted by atomic mass is 32.1. The van der Waals surface area contributed by atoms with Crippen LogP contribution >= 0.6 is 11.3 Å². The number of nitrogens with one attached hydrogen (secondary N) is 1. The van der Waals surface area contributed by atoms with Crippen molar-refractivity contribution in [3.8, 4) is 5.75 Å². The zero-order chi connectivity index (χ0) is 14.8. The van der Waals surface area contributed by atoms with Gasteiger partial charge in [0.25, 0.3) is 0 Å². The third-order valence-corrected chi connectivity index (χ3v) is 5.27. The summed E-state index contributed by atoms with van der Waals surface area (Å²) in [5, 5.41) is 3.47. The maximum atomic E-state index is 14.0. The lowest BCUT2D eigenvalue weighted by molar-refractivity contribution is 0.386. The third-order valence-electron chi connectivity index (χ3n) is 3.97. The van der Waals surface area contributed by atoms with Crippen LogP contribution in [0.3, 0.4) is 0 Å². The number of fused-ring (bicyclic) bond motifs is 1. The third kappa shape index (κ3) is 2.83. The van der Waals surface area contributed by atoms with Crippen LogP contribution in [-0.4, -0.2) is 13.7 Å². The summed E-state index contributed by atoms with van der Waals surface area (Å²) in [5.41, 5.74) is 2.43. The topological polar surface area (TPSA) is 21.3 Å². The number of ether oxygens (including phenoxy) is 1. The Kier molecular flexibility index (Phi) is 4.27. The molecule has 1 aliphatic carbocycles. The number of hydrogen-bond acceptors (Lipinski definition) is 3. The van der Waals surface area contributed by atoms with Crippen molar-refractivity contribution in [2.24, 2.45) is 0 Å². The summed E-state index contributed by atoms with van der Waals surface area (Å²) < 4.78 is 19.0. The van der Waals surface area contributed by atoms with E-state index in [1.165, 1.54) is 41.7 Å². The monoisotopic (exact) mass is 305 g/mol. The van der Waals surface area contributed by atoms with Gasteiger partial charge in [-0.25, -0.2) is 4.39 Å². The number of methoxy groups -OCH3 is 1. The Bertz CT molecular complexity index is 616. The molecular weight excluding hydrogens is 285 g/mol. The van der Waals surface area contributed by atoms with Crippen molar-refractivity contribution >= 4 is 11.3 Å². The quantitative estimate of drug-likeness (QED) is 0.898. The van der Waals surface area contributed by atoms with Crippen LogP contribution in [0.5, 0.6) is 5.75 Å². The lowest BCUT2D eigenvalue weighted by atomic mass is 10.0. The largest absolute Gasteiger partial charge is 0.494 e. The van der Waals surface area contributed by atoms with Gasteiger partial charge in [-0.1, -0.05) is 13.0 Å². The molecule has 0 bridgehead atoms. The molecule has 4 heteroatoms. The lowest BCUT2D eigenvalue weighted by Gasteiger charge is -2.18. The van der Waals surface area contributed by atoms with Gasteiger partial charge in [0, 0.05) is 9.75 Å². The summed E-state index contributed by atoms with van der Waals surface area (Å²) in [4.78, 5) is 2.79. The van der Waals surface area contributed by atoms with Crippen LogP contribution in [0.2, 0.25) is 0 Å². The van der Waals surface area contributed by atoms with E-state index in [1.807, 2.05) is 17.4 Å². The summed E-state index contributed by atoms with van der Waals surface area (Å²) in [6.07, 6.45) is 3.64. The number of benzene rings is 1. The van der Waals surface area contributed by atoms with Gasteiger partial charge in [0.2, 0.25) is 0 Å². The summed E-state index contributed by atoms with van der Waals surface area (Å²) in [6, 6.07) is 7.58. The molecule has 3 rings (SSSR count). The predicted octanol–water partition coefficient (Wildman–Crippen LogP) is 4.08. The van der Waals surface area contributed by atoms with Crippen molar-refractivity contribution < 1.29 is 9.13 Å². The molecule has 1 aromatic heterocycles. The number of thiophene rings is 1. The normalized spacial score (nSPS) is 15.0. The predicted molar refractivity (Wildman–Crippen MR) is 84.8 cm³/mol. The first kappa shape index (κ1) is 14.5. The molecule has 2 aromatic rings. The average molecular weight is 305 g/mol. The highest BCUT2D eigenvalue weighted by molar-refractivity contribution is 7.12. The zero-order valence-electron chi connectivity index (χ0n) is 12.4. The standard InChI is InChI=1S/C17H20FNOS/c1-3-19-17(12-7-8-14(20-2)13(18)9-12)16-10-11-5-4-6-15(11)21-16/h7-10,17,19H,3-6H2,1-2H3. The lowest BCUT2D eigenvalue weighted by Crippen LogP contribution is -2.21. The molecule has 1 atom stereocenters. The first-order chi connectivity index (χ1) is 10.2. The molecule has 0 radical (unpaired) electrons. The molecule has 0 saturated carbocycles. The fraction of sp³-hybridized carbons (Fsp3) is 0.412. The molecule has 0 amide bonds. The second-order valence-corrected chi connectivity index (χ2v) is 6.50. The maximum Gasteiger partial charge on any atom is 0.165 e. The fourth-order valence-corrected chi connectivity index (χ4v) is 4.30. The Morgan fingerprint density at radius 3 is 2.86 bits per heavy atom. The van der Waals surface area contributed by atoms with E-state index in [1.54, 1.807) is 12.1 Å². The van der Waals surface area contributed by atoms with Gasteiger partial charge in [0.1, 0.15) is 0 Å². The van der Waals surface area contributed by atoms with Gasteiger partial charge >= 0.3 is 0 Å². The van der Waals surface area contributed by atoms with Crippen molar-refractivity contribution in [1.29, 1.82) is 0 Å². The van der Waals surface area contributed by atoms with E-state index in [4.69, 9.17) is 4.74 Å². The molecule has 1 aromatic carbocycles. The van der Waals surface area contributed by atoms with Crippen molar-refractivity contribution in [1.82, 2.24) is 5.32 Å². The van der Waals surface area contributed by atoms with E-state index in [9.17, 15) is 4.39 Å². The molecule has 0 aliphatic heterocycles. The summed E-state index contributed by atoms with van der Waals surface area (Å²) in [5.74, 6) is -0.00956. The van der Waals surface area contributed by atoms with Gasteiger partial charge in [-0.05, 0) is 55.1 Å². The fourth-order valence-electron chi connectivity index (χ4n) is 2.94. The minimum Gasteiger partial charge on any atom is -0.494 e.